The van der Waals surface area contributed by atoms with E-state index >= 15 is 0 Å². The monoisotopic (exact) mass is 227 g/mol. The molecule has 0 amide bonds. The summed E-state index contributed by atoms with van der Waals surface area (Å²) in [4.78, 5) is 12.9. The van der Waals surface area contributed by atoms with Crippen LogP contribution in [0.4, 0.5) is 0 Å². The molecule has 1 heterocycles. The topological polar surface area (TPSA) is 49.8 Å². The number of carboxylic acids is 1. The minimum atomic E-state index is -0.829. The fourth-order valence-electron chi connectivity index (χ4n) is 1.85. The summed E-state index contributed by atoms with van der Waals surface area (Å²) in [6, 6.07) is 0. The number of rotatable bonds is 5. The SMILES string of the molecule is CCOC1CCN(CC=C(C)C(=O)O)CC1. The third kappa shape index (κ3) is 4.33. The molecule has 4 heteroatoms. The second kappa shape index (κ2) is 6.66. The van der Waals surface area contributed by atoms with E-state index < -0.39 is 5.97 Å². The van der Waals surface area contributed by atoms with Gasteiger partial charge in [0.05, 0.1) is 6.10 Å². The first-order chi connectivity index (χ1) is 7.63. The molecule has 0 saturated carbocycles. The maximum absolute atomic E-state index is 10.6. The lowest BCUT2D eigenvalue weighted by Gasteiger charge is -2.30. The quantitative estimate of drug-likeness (QED) is 0.723. The molecule has 0 unspecified atom stereocenters. The predicted molar refractivity (Wildman–Crippen MR) is 62.5 cm³/mol. The van der Waals surface area contributed by atoms with Gasteiger partial charge in [-0.1, -0.05) is 6.08 Å². The number of hydrogen-bond donors (Lipinski definition) is 1. The molecule has 0 aromatic heterocycles. The summed E-state index contributed by atoms with van der Waals surface area (Å²) in [5.41, 5.74) is 0.423. The third-order valence-corrected chi connectivity index (χ3v) is 2.93. The summed E-state index contributed by atoms with van der Waals surface area (Å²) in [6.07, 6.45) is 4.27. The zero-order valence-electron chi connectivity index (χ0n) is 10.1. The second-order valence-corrected chi connectivity index (χ2v) is 4.15. The molecule has 1 aliphatic rings. The Hall–Kier alpha value is -0.870. The van der Waals surface area contributed by atoms with E-state index in [-0.39, 0.29) is 0 Å². The van der Waals surface area contributed by atoms with E-state index in [0.717, 1.165) is 39.1 Å². The van der Waals surface area contributed by atoms with Crippen LogP contribution in [0.2, 0.25) is 0 Å². The van der Waals surface area contributed by atoms with Crippen LogP contribution in [-0.4, -0.2) is 48.3 Å². The maximum atomic E-state index is 10.6. The largest absolute Gasteiger partial charge is 0.478 e. The van der Waals surface area contributed by atoms with E-state index in [4.69, 9.17) is 9.84 Å². The summed E-state index contributed by atoms with van der Waals surface area (Å²) in [7, 11) is 0. The Morgan fingerprint density at radius 1 is 1.50 bits per heavy atom. The molecule has 1 fully saturated rings. The van der Waals surface area contributed by atoms with Crippen LogP contribution in [0, 0.1) is 0 Å². The number of piperidine rings is 1. The van der Waals surface area contributed by atoms with Crippen LogP contribution in [0.15, 0.2) is 11.6 Å². The molecule has 0 aromatic rings. The van der Waals surface area contributed by atoms with Crippen LogP contribution in [-0.2, 0) is 9.53 Å². The van der Waals surface area contributed by atoms with Crippen LogP contribution < -0.4 is 0 Å². The molecule has 0 aromatic carbocycles. The number of carbonyl (C=O) groups is 1. The van der Waals surface area contributed by atoms with Crippen LogP contribution in [0.5, 0.6) is 0 Å². The summed E-state index contributed by atoms with van der Waals surface area (Å²) in [6.45, 7) is 7.16. The number of hydrogen-bond acceptors (Lipinski definition) is 3. The molecule has 92 valence electrons. The van der Waals surface area contributed by atoms with E-state index in [1.165, 1.54) is 0 Å². The summed E-state index contributed by atoms with van der Waals surface area (Å²) in [5.74, 6) is -0.829. The first-order valence-corrected chi connectivity index (χ1v) is 5.87. The standard InChI is InChI=1S/C12H21NO3/c1-3-16-11-5-8-13(9-6-11)7-4-10(2)12(14)15/h4,11H,3,5-9H2,1-2H3,(H,14,15). The summed E-state index contributed by atoms with van der Waals surface area (Å²) in [5, 5.41) is 8.72. The second-order valence-electron chi connectivity index (χ2n) is 4.15. The molecule has 1 saturated heterocycles. The summed E-state index contributed by atoms with van der Waals surface area (Å²) < 4.78 is 5.56. The molecule has 0 atom stereocenters. The van der Waals surface area contributed by atoms with Crippen molar-refractivity contribution in [2.75, 3.05) is 26.2 Å². The van der Waals surface area contributed by atoms with Gasteiger partial charge in [0, 0.05) is 31.8 Å². The molecule has 4 nitrogen and oxygen atoms in total. The smallest absolute Gasteiger partial charge is 0.330 e. The van der Waals surface area contributed by atoms with E-state index in [2.05, 4.69) is 4.90 Å². The summed E-state index contributed by atoms with van der Waals surface area (Å²) >= 11 is 0. The fourth-order valence-corrected chi connectivity index (χ4v) is 1.85. The van der Waals surface area contributed by atoms with Crippen molar-refractivity contribution in [3.63, 3.8) is 0 Å². The van der Waals surface area contributed by atoms with Gasteiger partial charge in [-0.2, -0.15) is 0 Å². The molecule has 0 aliphatic carbocycles. The van der Waals surface area contributed by atoms with Gasteiger partial charge < -0.3 is 9.84 Å². The van der Waals surface area contributed by atoms with Gasteiger partial charge in [0.1, 0.15) is 0 Å². The Bertz CT molecular complexity index is 255. The molecule has 1 rings (SSSR count). The van der Waals surface area contributed by atoms with E-state index in [1.807, 2.05) is 6.92 Å². The third-order valence-electron chi connectivity index (χ3n) is 2.93. The molecule has 0 spiro atoms. The number of nitrogens with zero attached hydrogens (tertiary/aromatic N) is 1. The minimum absolute atomic E-state index is 0.394. The van der Waals surface area contributed by atoms with E-state index in [9.17, 15) is 4.79 Å². The minimum Gasteiger partial charge on any atom is -0.478 e. The maximum Gasteiger partial charge on any atom is 0.330 e. The molecule has 16 heavy (non-hydrogen) atoms. The Balaban J connectivity index is 2.27. The Morgan fingerprint density at radius 3 is 2.62 bits per heavy atom. The predicted octanol–water partition coefficient (Wildman–Crippen LogP) is 1.52. The van der Waals surface area contributed by atoms with Gasteiger partial charge in [-0.25, -0.2) is 4.79 Å². The molecule has 1 N–H and O–H groups in total. The molecule has 0 radical (unpaired) electrons. The van der Waals surface area contributed by atoms with Gasteiger partial charge >= 0.3 is 5.97 Å². The van der Waals surface area contributed by atoms with Crippen LogP contribution >= 0.6 is 0 Å². The van der Waals surface area contributed by atoms with Crippen molar-refractivity contribution >= 4 is 5.97 Å². The average molecular weight is 227 g/mol. The van der Waals surface area contributed by atoms with Gasteiger partial charge in [-0.05, 0) is 26.7 Å². The number of likely N-dealkylation sites (tertiary alicyclic amines) is 1. The lowest BCUT2D eigenvalue weighted by Crippen LogP contribution is -2.37. The normalized spacial score (nSPS) is 20.0. The molecular weight excluding hydrogens is 206 g/mol. The number of carboxylic acid groups (broad SMARTS) is 1. The molecule has 1 aliphatic heterocycles. The van der Waals surface area contributed by atoms with Gasteiger partial charge in [0.25, 0.3) is 0 Å². The van der Waals surface area contributed by atoms with Gasteiger partial charge in [-0.3, -0.25) is 4.90 Å². The lowest BCUT2D eigenvalue weighted by molar-refractivity contribution is -0.132. The number of ether oxygens (including phenoxy) is 1. The Morgan fingerprint density at radius 2 is 2.12 bits per heavy atom. The van der Waals surface area contributed by atoms with E-state index in [1.54, 1.807) is 13.0 Å². The van der Waals surface area contributed by atoms with Gasteiger partial charge in [-0.15, -0.1) is 0 Å². The van der Waals surface area contributed by atoms with Crippen molar-refractivity contribution in [3.05, 3.63) is 11.6 Å². The van der Waals surface area contributed by atoms with Crippen LogP contribution in [0.1, 0.15) is 26.7 Å². The fraction of sp³-hybridized carbons (Fsp3) is 0.750. The van der Waals surface area contributed by atoms with Crippen molar-refractivity contribution in [2.24, 2.45) is 0 Å². The average Bonchev–Trinajstić information content (AvgIpc) is 2.28. The van der Waals surface area contributed by atoms with E-state index in [0.29, 0.717) is 11.7 Å². The van der Waals surface area contributed by atoms with Crippen molar-refractivity contribution in [1.82, 2.24) is 4.90 Å². The van der Waals surface area contributed by atoms with Crippen LogP contribution in [0.3, 0.4) is 0 Å². The van der Waals surface area contributed by atoms with Gasteiger partial charge in [0.15, 0.2) is 0 Å². The Kier molecular flexibility index (Phi) is 5.49. The number of aliphatic carboxylic acids is 1. The van der Waals surface area contributed by atoms with Crippen LogP contribution in [0.25, 0.3) is 0 Å². The van der Waals surface area contributed by atoms with Crippen molar-refractivity contribution in [3.8, 4) is 0 Å². The Labute approximate surface area is 96.9 Å². The van der Waals surface area contributed by atoms with Crippen molar-refractivity contribution < 1.29 is 14.6 Å². The van der Waals surface area contributed by atoms with Crippen molar-refractivity contribution in [2.45, 2.75) is 32.8 Å². The zero-order valence-corrected chi connectivity index (χ0v) is 10.1. The van der Waals surface area contributed by atoms with Crippen molar-refractivity contribution in [1.29, 1.82) is 0 Å². The first-order valence-electron chi connectivity index (χ1n) is 5.87. The highest BCUT2D eigenvalue weighted by atomic mass is 16.5. The highest BCUT2D eigenvalue weighted by Gasteiger charge is 2.18. The molecular formula is C12H21NO3. The highest BCUT2D eigenvalue weighted by Crippen LogP contribution is 2.13. The zero-order chi connectivity index (χ0) is 12.0. The molecule has 0 bridgehead atoms. The first kappa shape index (κ1) is 13.2. The highest BCUT2D eigenvalue weighted by molar-refractivity contribution is 5.85. The lowest BCUT2D eigenvalue weighted by atomic mass is 10.1. The van der Waals surface area contributed by atoms with Gasteiger partial charge in [0.2, 0.25) is 0 Å².